The van der Waals surface area contributed by atoms with E-state index in [2.05, 4.69) is 22.8 Å². The topological polar surface area (TPSA) is 106 Å². The first-order chi connectivity index (χ1) is 13.5. The maximum absolute atomic E-state index is 12.5. The molecule has 2 aromatic carbocycles. The van der Waals surface area contributed by atoms with E-state index >= 15 is 0 Å². The lowest BCUT2D eigenvalue weighted by atomic mass is 9.73. The molecule has 6 heteroatoms. The van der Waals surface area contributed by atoms with Gasteiger partial charge in [0.05, 0.1) is 12.1 Å². The Morgan fingerprint density at radius 2 is 1.00 bits per heavy atom. The maximum atomic E-state index is 12.5. The maximum Gasteiger partial charge on any atom is 0.252 e. The van der Waals surface area contributed by atoms with Crippen LogP contribution in [0.3, 0.4) is 0 Å². The van der Waals surface area contributed by atoms with Crippen LogP contribution < -0.4 is 10.6 Å². The zero-order valence-electron chi connectivity index (χ0n) is 15.3. The van der Waals surface area contributed by atoms with Gasteiger partial charge >= 0.3 is 0 Å². The third kappa shape index (κ3) is 4.02. The number of hydrogen-bond acceptors (Lipinski definition) is 4. The Kier molecular flexibility index (Phi) is 5.42. The smallest absolute Gasteiger partial charge is 0.252 e. The van der Waals surface area contributed by atoms with Gasteiger partial charge in [0.25, 0.3) is 11.8 Å². The molecule has 140 valence electrons. The molecule has 3 rings (SSSR count). The van der Waals surface area contributed by atoms with Crippen molar-refractivity contribution in [3.8, 4) is 12.1 Å². The molecule has 1 fully saturated rings. The fourth-order valence-corrected chi connectivity index (χ4v) is 3.39. The van der Waals surface area contributed by atoms with E-state index < -0.39 is 11.1 Å². The molecule has 0 unspecified atom stereocenters. The number of nitrogens with zero attached hydrogens (tertiary/aromatic N) is 2. The van der Waals surface area contributed by atoms with Crippen LogP contribution in [0.2, 0.25) is 0 Å². The van der Waals surface area contributed by atoms with Crippen molar-refractivity contribution in [3.63, 3.8) is 0 Å². The molecule has 0 radical (unpaired) electrons. The number of benzene rings is 2. The van der Waals surface area contributed by atoms with Crippen molar-refractivity contribution in [1.29, 1.82) is 10.5 Å². The number of rotatable bonds is 4. The molecule has 0 aliphatic heterocycles. The van der Waals surface area contributed by atoms with Gasteiger partial charge in [-0.2, -0.15) is 10.5 Å². The zero-order valence-corrected chi connectivity index (χ0v) is 15.3. The van der Waals surface area contributed by atoms with Gasteiger partial charge in [-0.25, -0.2) is 0 Å². The Hall–Kier alpha value is -3.64. The van der Waals surface area contributed by atoms with Gasteiger partial charge in [-0.05, 0) is 49.9 Å². The highest BCUT2D eigenvalue weighted by molar-refractivity contribution is 5.95. The minimum absolute atomic E-state index is 0.282. The van der Waals surface area contributed by atoms with Gasteiger partial charge in [0.1, 0.15) is 11.1 Å². The molecular weight excluding hydrogens is 352 g/mol. The van der Waals surface area contributed by atoms with Crippen molar-refractivity contribution in [2.24, 2.45) is 0 Å². The normalized spacial score (nSPS) is 23.6. The molecule has 1 aliphatic rings. The molecular formula is C22H20N4O2. The Labute approximate surface area is 163 Å². The average Bonchev–Trinajstić information content (AvgIpc) is 2.76. The number of carbonyl (C=O) groups is 2. The van der Waals surface area contributed by atoms with Gasteiger partial charge in [-0.1, -0.05) is 36.4 Å². The predicted octanol–water partition coefficient (Wildman–Crippen LogP) is 2.95. The van der Waals surface area contributed by atoms with Gasteiger partial charge in [-0.15, -0.1) is 0 Å². The van der Waals surface area contributed by atoms with Gasteiger partial charge < -0.3 is 10.6 Å². The Balaban J connectivity index is 1.69. The SMILES string of the molecule is N#CC1(NC(=O)c2ccccc2)CCC(C#N)(NC(=O)c2ccccc2)CC1. The molecule has 0 heterocycles. The molecule has 2 aromatic rings. The molecule has 6 nitrogen and oxygen atoms in total. The largest absolute Gasteiger partial charge is 0.334 e. The van der Waals surface area contributed by atoms with Crippen LogP contribution in [-0.4, -0.2) is 22.9 Å². The van der Waals surface area contributed by atoms with Gasteiger partial charge in [0.15, 0.2) is 0 Å². The summed E-state index contributed by atoms with van der Waals surface area (Å²) in [6.45, 7) is 0. The fourth-order valence-electron chi connectivity index (χ4n) is 3.39. The minimum atomic E-state index is -1.05. The summed E-state index contributed by atoms with van der Waals surface area (Å²) in [6.07, 6.45) is 1.13. The first kappa shape index (κ1) is 19.1. The van der Waals surface area contributed by atoms with Crippen molar-refractivity contribution in [1.82, 2.24) is 10.6 Å². The zero-order chi connectivity index (χ0) is 20.0. The number of nitriles is 2. The molecule has 2 N–H and O–H groups in total. The quantitative estimate of drug-likeness (QED) is 0.860. The standard InChI is InChI=1S/C22H20N4O2/c23-15-21(25-19(27)17-7-3-1-4-8-17)11-13-22(16-24,14-12-21)26-20(28)18-9-5-2-6-10-18/h1-10H,11-14H2,(H,25,27)(H,26,28). The summed E-state index contributed by atoms with van der Waals surface area (Å²) in [5.41, 5.74) is -1.14. The second-order valence-electron chi connectivity index (χ2n) is 7.03. The van der Waals surface area contributed by atoms with E-state index in [9.17, 15) is 20.1 Å². The summed E-state index contributed by atoms with van der Waals surface area (Å²) in [4.78, 5) is 24.9. The predicted molar refractivity (Wildman–Crippen MR) is 103 cm³/mol. The van der Waals surface area contributed by atoms with Gasteiger partial charge in [-0.3, -0.25) is 9.59 Å². The van der Waals surface area contributed by atoms with Gasteiger partial charge in [0, 0.05) is 11.1 Å². The number of hydrogen-bond donors (Lipinski definition) is 2. The van der Waals surface area contributed by atoms with Crippen LogP contribution in [0.1, 0.15) is 46.4 Å². The molecule has 0 bridgehead atoms. The van der Waals surface area contributed by atoms with Crippen molar-refractivity contribution in [3.05, 3.63) is 71.8 Å². The monoisotopic (exact) mass is 372 g/mol. The first-order valence-electron chi connectivity index (χ1n) is 9.09. The van der Waals surface area contributed by atoms with Crippen LogP contribution in [0.15, 0.2) is 60.7 Å². The summed E-state index contributed by atoms with van der Waals surface area (Å²) < 4.78 is 0. The Morgan fingerprint density at radius 1 is 0.679 bits per heavy atom. The molecule has 1 saturated carbocycles. The van der Waals surface area contributed by atoms with E-state index in [-0.39, 0.29) is 37.5 Å². The molecule has 0 aromatic heterocycles. The fraction of sp³-hybridized carbons (Fsp3) is 0.273. The highest BCUT2D eigenvalue weighted by Crippen LogP contribution is 2.35. The van der Waals surface area contributed by atoms with Crippen molar-refractivity contribution < 1.29 is 9.59 Å². The number of amides is 2. The molecule has 1 aliphatic carbocycles. The van der Waals surface area contributed by atoms with E-state index in [0.29, 0.717) is 11.1 Å². The van der Waals surface area contributed by atoms with Gasteiger partial charge in [0.2, 0.25) is 0 Å². The minimum Gasteiger partial charge on any atom is -0.334 e. The second kappa shape index (κ2) is 7.94. The third-order valence-corrected chi connectivity index (χ3v) is 5.16. The molecule has 0 atom stereocenters. The van der Waals surface area contributed by atoms with Crippen LogP contribution in [0.25, 0.3) is 0 Å². The second-order valence-corrected chi connectivity index (χ2v) is 7.03. The van der Waals surface area contributed by atoms with E-state index in [1.807, 2.05) is 12.1 Å². The summed E-state index contributed by atoms with van der Waals surface area (Å²) in [5.74, 6) is -0.639. The van der Waals surface area contributed by atoms with Crippen LogP contribution in [-0.2, 0) is 0 Å². The van der Waals surface area contributed by atoms with E-state index in [1.165, 1.54) is 0 Å². The van der Waals surface area contributed by atoms with E-state index in [0.717, 1.165) is 0 Å². The summed E-state index contributed by atoms with van der Waals surface area (Å²) in [7, 11) is 0. The van der Waals surface area contributed by atoms with Crippen molar-refractivity contribution in [2.75, 3.05) is 0 Å². The van der Waals surface area contributed by atoms with E-state index in [1.54, 1.807) is 48.5 Å². The number of carbonyl (C=O) groups excluding carboxylic acids is 2. The van der Waals surface area contributed by atoms with E-state index in [4.69, 9.17) is 0 Å². The lowest BCUT2D eigenvalue weighted by Crippen LogP contribution is -2.57. The molecule has 0 saturated heterocycles. The summed E-state index contributed by atoms with van der Waals surface area (Å²) in [5, 5.41) is 25.1. The van der Waals surface area contributed by atoms with Crippen LogP contribution in [0.4, 0.5) is 0 Å². The average molecular weight is 372 g/mol. The molecule has 28 heavy (non-hydrogen) atoms. The Morgan fingerprint density at radius 3 is 1.29 bits per heavy atom. The Bertz CT molecular complexity index is 854. The highest BCUT2D eigenvalue weighted by Gasteiger charge is 2.45. The lowest BCUT2D eigenvalue weighted by Gasteiger charge is -2.40. The van der Waals surface area contributed by atoms with Crippen LogP contribution >= 0.6 is 0 Å². The highest BCUT2D eigenvalue weighted by atomic mass is 16.2. The van der Waals surface area contributed by atoms with Crippen LogP contribution in [0, 0.1) is 22.7 Å². The molecule has 2 amide bonds. The first-order valence-corrected chi connectivity index (χ1v) is 9.09. The molecule has 0 spiro atoms. The number of nitrogens with one attached hydrogen (secondary N) is 2. The van der Waals surface area contributed by atoms with Crippen molar-refractivity contribution >= 4 is 11.8 Å². The van der Waals surface area contributed by atoms with Crippen molar-refractivity contribution in [2.45, 2.75) is 36.8 Å². The summed E-state index contributed by atoms with van der Waals surface area (Å²) >= 11 is 0. The van der Waals surface area contributed by atoms with Crippen LogP contribution in [0.5, 0.6) is 0 Å². The lowest BCUT2D eigenvalue weighted by molar-refractivity contribution is 0.0835. The third-order valence-electron chi connectivity index (χ3n) is 5.16. The summed E-state index contributed by atoms with van der Waals surface area (Å²) in [6, 6.07) is 21.8.